The molecular formula is C16H27N3O2. The van der Waals surface area contributed by atoms with Crippen LogP contribution in [0.2, 0.25) is 0 Å². The number of rotatable bonds is 2. The van der Waals surface area contributed by atoms with Crippen LogP contribution in [0.5, 0.6) is 0 Å². The molecule has 21 heavy (non-hydrogen) atoms. The Morgan fingerprint density at radius 2 is 1.71 bits per heavy atom. The first-order valence-electron chi connectivity index (χ1n) is 8.01. The van der Waals surface area contributed by atoms with Gasteiger partial charge < -0.3 is 4.90 Å². The van der Waals surface area contributed by atoms with Gasteiger partial charge in [0, 0.05) is 38.0 Å². The SMILES string of the molecule is CN1CCN(NC(=O)[C@@]23CC[C@](C)(C(=O)C2)C3(C)C)CC1. The number of hydrogen-bond acceptors (Lipinski definition) is 4. The number of carbonyl (C=O) groups excluding carboxylic acids is 2. The zero-order valence-corrected chi connectivity index (χ0v) is 13.7. The molecule has 5 nitrogen and oxygen atoms in total. The summed E-state index contributed by atoms with van der Waals surface area (Å²) in [5, 5.41) is 2.02. The third-order valence-corrected chi connectivity index (χ3v) is 6.90. The van der Waals surface area contributed by atoms with Crippen LogP contribution in [-0.4, -0.2) is 54.8 Å². The fourth-order valence-corrected chi connectivity index (χ4v) is 4.53. The minimum atomic E-state index is -0.512. The van der Waals surface area contributed by atoms with Gasteiger partial charge in [-0.3, -0.25) is 15.0 Å². The van der Waals surface area contributed by atoms with Crippen LogP contribution in [0.25, 0.3) is 0 Å². The minimum absolute atomic E-state index is 0.0617. The molecule has 1 aliphatic heterocycles. The van der Waals surface area contributed by atoms with E-state index in [4.69, 9.17) is 0 Å². The Morgan fingerprint density at radius 1 is 1.10 bits per heavy atom. The molecule has 0 radical (unpaired) electrons. The van der Waals surface area contributed by atoms with Crippen molar-refractivity contribution in [3.05, 3.63) is 0 Å². The van der Waals surface area contributed by atoms with E-state index in [9.17, 15) is 9.59 Å². The number of fused-ring (bicyclic) bond motifs is 2. The van der Waals surface area contributed by atoms with Crippen LogP contribution < -0.4 is 5.43 Å². The number of hydrogen-bond donors (Lipinski definition) is 1. The fraction of sp³-hybridized carbons (Fsp3) is 0.875. The smallest absolute Gasteiger partial charge is 0.241 e. The molecule has 3 rings (SSSR count). The summed E-state index contributed by atoms with van der Waals surface area (Å²) < 4.78 is 0. The number of likely N-dealkylation sites (N-methyl/N-ethyl adjacent to an activating group) is 1. The zero-order chi connectivity index (χ0) is 15.5. The lowest BCUT2D eigenvalue weighted by Gasteiger charge is -2.41. The standard InChI is InChI=1S/C16H27N3O2/c1-14(2)15(3)5-6-16(14,11-12(15)20)13(21)17-19-9-7-18(4)8-10-19/h5-11H2,1-4H3,(H,17,21)/t15-,16-/m1/s1. The number of ketones is 1. The normalized spacial score (nSPS) is 39.7. The van der Waals surface area contributed by atoms with Crippen molar-refractivity contribution in [2.45, 2.75) is 40.0 Å². The lowest BCUT2D eigenvalue weighted by molar-refractivity contribution is -0.142. The van der Waals surface area contributed by atoms with E-state index in [0.717, 1.165) is 39.0 Å². The molecule has 0 aromatic heterocycles. The van der Waals surface area contributed by atoms with E-state index in [0.29, 0.717) is 6.42 Å². The Morgan fingerprint density at radius 3 is 2.19 bits per heavy atom. The first-order valence-corrected chi connectivity index (χ1v) is 8.01. The Hall–Kier alpha value is -0.940. The Labute approximate surface area is 127 Å². The van der Waals surface area contributed by atoms with Crippen LogP contribution in [0.3, 0.4) is 0 Å². The van der Waals surface area contributed by atoms with Gasteiger partial charge in [-0.15, -0.1) is 0 Å². The quantitative estimate of drug-likeness (QED) is 0.827. The predicted molar refractivity (Wildman–Crippen MR) is 80.4 cm³/mol. The van der Waals surface area contributed by atoms with Crippen LogP contribution in [0, 0.1) is 16.2 Å². The molecule has 2 bridgehead atoms. The van der Waals surface area contributed by atoms with Crippen molar-refractivity contribution in [2.24, 2.45) is 16.2 Å². The molecule has 0 spiro atoms. The first-order chi connectivity index (χ1) is 9.73. The molecule has 1 saturated heterocycles. The van der Waals surface area contributed by atoms with E-state index in [1.165, 1.54) is 0 Å². The van der Waals surface area contributed by atoms with E-state index in [2.05, 4.69) is 31.2 Å². The monoisotopic (exact) mass is 293 g/mol. The maximum absolute atomic E-state index is 13.0. The molecule has 0 unspecified atom stereocenters. The number of piperazine rings is 1. The molecule has 1 N–H and O–H groups in total. The summed E-state index contributed by atoms with van der Waals surface area (Å²) in [5.41, 5.74) is 2.01. The van der Waals surface area contributed by atoms with Gasteiger partial charge in [0.15, 0.2) is 0 Å². The third-order valence-electron chi connectivity index (χ3n) is 6.90. The topological polar surface area (TPSA) is 52.6 Å². The average Bonchev–Trinajstić information content (AvgIpc) is 2.72. The van der Waals surface area contributed by atoms with Crippen LogP contribution in [-0.2, 0) is 9.59 Å². The highest BCUT2D eigenvalue weighted by Gasteiger charge is 2.72. The van der Waals surface area contributed by atoms with Gasteiger partial charge in [-0.2, -0.15) is 0 Å². The second-order valence-corrected chi connectivity index (χ2v) is 7.87. The number of Topliss-reactive ketones (excluding diaryl/α,β-unsaturated/α-hetero) is 1. The molecule has 0 aromatic carbocycles. The number of hydrazine groups is 1. The fourth-order valence-electron chi connectivity index (χ4n) is 4.53. The summed E-state index contributed by atoms with van der Waals surface area (Å²) >= 11 is 0. The zero-order valence-electron chi connectivity index (χ0n) is 13.7. The molecule has 3 aliphatic rings. The predicted octanol–water partition coefficient (Wildman–Crippen LogP) is 1.05. The summed E-state index contributed by atoms with van der Waals surface area (Å²) in [7, 11) is 2.10. The number of nitrogens with zero attached hydrogens (tertiary/aromatic N) is 2. The molecule has 2 atom stereocenters. The Kier molecular flexibility index (Phi) is 3.23. The van der Waals surface area contributed by atoms with E-state index in [1.54, 1.807) is 0 Å². The van der Waals surface area contributed by atoms with E-state index >= 15 is 0 Å². The van der Waals surface area contributed by atoms with E-state index < -0.39 is 5.41 Å². The Balaban J connectivity index is 1.77. The van der Waals surface area contributed by atoms with Crippen molar-refractivity contribution >= 4 is 11.7 Å². The van der Waals surface area contributed by atoms with Gasteiger partial charge in [0.2, 0.25) is 5.91 Å². The van der Waals surface area contributed by atoms with Gasteiger partial charge in [-0.05, 0) is 25.3 Å². The molecule has 118 valence electrons. The summed E-state index contributed by atoms with van der Waals surface area (Å²) in [6, 6.07) is 0. The molecule has 2 aliphatic carbocycles. The van der Waals surface area contributed by atoms with Gasteiger partial charge in [-0.25, -0.2) is 5.01 Å². The molecule has 1 amide bonds. The molecule has 1 heterocycles. The largest absolute Gasteiger partial charge is 0.304 e. The highest BCUT2D eigenvalue weighted by atomic mass is 16.2. The molecular weight excluding hydrogens is 266 g/mol. The van der Waals surface area contributed by atoms with Crippen LogP contribution in [0.1, 0.15) is 40.0 Å². The minimum Gasteiger partial charge on any atom is -0.304 e. The average molecular weight is 293 g/mol. The van der Waals surface area contributed by atoms with Crippen molar-refractivity contribution < 1.29 is 9.59 Å². The maximum Gasteiger partial charge on any atom is 0.241 e. The summed E-state index contributed by atoms with van der Waals surface area (Å²) in [5.74, 6) is 0.332. The number of amides is 1. The molecule has 2 saturated carbocycles. The second-order valence-electron chi connectivity index (χ2n) is 7.87. The van der Waals surface area contributed by atoms with Crippen molar-refractivity contribution in [2.75, 3.05) is 33.2 Å². The summed E-state index contributed by atoms with van der Waals surface area (Å²) in [6.45, 7) is 9.89. The van der Waals surface area contributed by atoms with Gasteiger partial charge in [0.1, 0.15) is 5.78 Å². The molecule has 0 aromatic rings. The highest BCUT2D eigenvalue weighted by Crippen LogP contribution is 2.70. The highest BCUT2D eigenvalue weighted by molar-refractivity contribution is 5.99. The van der Waals surface area contributed by atoms with Crippen LogP contribution >= 0.6 is 0 Å². The molecule has 5 heteroatoms. The Bertz CT molecular complexity index is 482. The van der Waals surface area contributed by atoms with Crippen molar-refractivity contribution in [1.29, 1.82) is 0 Å². The summed E-state index contributed by atoms with van der Waals surface area (Å²) in [6.07, 6.45) is 2.09. The van der Waals surface area contributed by atoms with Gasteiger partial charge in [0.25, 0.3) is 0 Å². The van der Waals surface area contributed by atoms with Crippen LogP contribution in [0.15, 0.2) is 0 Å². The lowest BCUT2D eigenvalue weighted by Crippen LogP contribution is -2.57. The van der Waals surface area contributed by atoms with Gasteiger partial charge in [-0.1, -0.05) is 20.8 Å². The van der Waals surface area contributed by atoms with E-state index in [1.807, 2.05) is 11.9 Å². The van der Waals surface area contributed by atoms with Gasteiger partial charge >= 0.3 is 0 Å². The number of nitrogens with one attached hydrogen (secondary N) is 1. The lowest BCUT2D eigenvalue weighted by atomic mass is 9.64. The third kappa shape index (κ3) is 1.83. The van der Waals surface area contributed by atoms with E-state index in [-0.39, 0.29) is 22.5 Å². The summed E-state index contributed by atoms with van der Waals surface area (Å²) in [4.78, 5) is 27.6. The van der Waals surface area contributed by atoms with Crippen LogP contribution in [0.4, 0.5) is 0 Å². The van der Waals surface area contributed by atoms with Crippen molar-refractivity contribution in [3.63, 3.8) is 0 Å². The van der Waals surface area contributed by atoms with Crippen molar-refractivity contribution in [3.8, 4) is 0 Å². The van der Waals surface area contributed by atoms with Crippen molar-refractivity contribution in [1.82, 2.24) is 15.3 Å². The van der Waals surface area contributed by atoms with Gasteiger partial charge in [0.05, 0.1) is 5.41 Å². The molecule has 3 fully saturated rings. The second kappa shape index (κ2) is 4.53. The first kappa shape index (κ1) is 15.0. The maximum atomic E-state index is 13.0. The number of carbonyl (C=O) groups is 2.